The number of nitrogens with zero attached hydrogens (tertiary/aromatic N) is 6. The summed E-state index contributed by atoms with van der Waals surface area (Å²) < 4.78 is 6.69. The third-order valence-corrected chi connectivity index (χ3v) is 4.43. The predicted octanol–water partition coefficient (Wildman–Crippen LogP) is 2.71. The lowest BCUT2D eigenvalue weighted by atomic mass is 10.1. The fourth-order valence-electron chi connectivity index (χ4n) is 2.78. The Bertz CT molecular complexity index is 1410. The Morgan fingerprint density at radius 2 is 2.03 bits per heavy atom. The molecule has 3 heterocycles. The van der Waals surface area contributed by atoms with Crippen molar-refractivity contribution in [2.75, 3.05) is 12.4 Å². The Morgan fingerprint density at radius 1 is 1.19 bits per heavy atom. The molecule has 9 nitrogen and oxygen atoms in total. The quantitative estimate of drug-likeness (QED) is 0.393. The van der Waals surface area contributed by atoms with E-state index in [1.54, 1.807) is 34.7 Å². The number of ether oxygens (including phenoxy) is 1. The lowest BCUT2D eigenvalue weighted by molar-refractivity contribution is 0.102. The van der Waals surface area contributed by atoms with Crippen LogP contribution in [0.5, 0.6) is 5.88 Å². The molecule has 0 unspecified atom stereocenters. The summed E-state index contributed by atoms with van der Waals surface area (Å²) in [6, 6.07) is 12.0. The average molecular weight is 430 g/mol. The molecule has 0 radical (unpaired) electrons. The molecule has 4 rings (SSSR count). The molecule has 1 N–H and O–H groups in total. The number of nitriles is 1. The molecule has 0 aliphatic heterocycles. The number of nitrogens with one attached hydrogen (secondary N) is 1. The first-order valence-corrected chi connectivity index (χ1v) is 9.19. The molecule has 31 heavy (non-hydrogen) atoms. The second kappa shape index (κ2) is 8.49. The number of carbonyl (C=O) groups excluding carboxylic acids is 1. The van der Waals surface area contributed by atoms with Crippen LogP contribution < -0.4 is 10.1 Å². The molecule has 3 aromatic heterocycles. The van der Waals surface area contributed by atoms with Gasteiger partial charge in [0.05, 0.1) is 18.7 Å². The fourth-order valence-corrected chi connectivity index (χ4v) is 3.02. The third-order valence-electron chi connectivity index (χ3n) is 4.13. The van der Waals surface area contributed by atoms with Crippen molar-refractivity contribution in [3.63, 3.8) is 0 Å². The predicted molar refractivity (Wildman–Crippen MR) is 112 cm³/mol. The van der Waals surface area contributed by atoms with Gasteiger partial charge in [0.1, 0.15) is 17.0 Å². The van der Waals surface area contributed by atoms with Crippen LogP contribution in [-0.4, -0.2) is 37.6 Å². The molecular formula is C21H12ClN7O2. The van der Waals surface area contributed by atoms with Crippen LogP contribution in [-0.2, 0) is 0 Å². The first-order valence-electron chi connectivity index (χ1n) is 8.81. The Balaban J connectivity index is 1.67. The smallest absolute Gasteiger partial charge is 0.262 e. The summed E-state index contributed by atoms with van der Waals surface area (Å²) in [5, 5.41) is 20.5. The molecule has 0 spiro atoms. The molecule has 1 amide bonds. The largest absolute Gasteiger partial charge is 0.480 e. The molecular weight excluding hydrogens is 418 g/mol. The number of pyridine rings is 1. The van der Waals surface area contributed by atoms with E-state index in [0.717, 1.165) is 0 Å². The number of halogens is 1. The van der Waals surface area contributed by atoms with Crippen LogP contribution in [0.3, 0.4) is 0 Å². The van der Waals surface area contributed by atoms with Crippen LogP contribution in [0.25, 0.3) is 5.65 Å². The van der Waals surface area contributed by atoms with E-state index in [9.17, 15) is 10.1 Å². The highest BCUT2D eigenvalue weighted by atomic mass is 35.5. The molecule has 10 heteroatoms. The minimum absolute atomic E-state index is 0.138. The summed E-state index contributed by atoms with van der Waals surface area (Å²) in [7, 11) is 1.41. The zero-order valence-corrected chi connectivity index (χ0v) is 16.8. The minimum atomic E-state index is -0.485. The number of anilines is 1. The van der Waals surface area contributed by atoms with Gasteiger partial charge in [-0.25, -0.2) is 9.97 Å². The Morgan fingerprint density at radius 3 is 2.84 bits per heavy atom. The number of carbonyl (C=O) groups is 1. The van der Waals surface area contributed by atoms with E-state index in [1.807, 2.05) is 0 Å². The molecule has 0 aliphatic carbocycles. The van der Waals surface area contributed by atoms with E-state index < -0.39 is 5.91 Å². The van der Waals surface area contributed by atoms with Gasteiger partial charge in [-0.3, -0.25) is 9.20 Å². The first kappa shape index (κ1) is 19.8. The van der Waals surface area contributed by atoms with Crippen molar-refractivity contribution in [1.29, 1.82) is 5.26 Å². The fraction of sp³-hybridized carbons (Fsp3) is 0.0476. The summed E-state index contributed by atoms with van der Waals surface area (Å²) >= 11 is 6.20. The maximum atomic E-state index is 12.6. The van der Waals surface area contributed by atoms with Crippen molar-refractivity contribution in [2.45, 2.75) is 0 Å². The maximum absolute atomic E-state index is 12.6. The lowest BCUT2D eigenvalue weighted by Crippen LogP contribution is -2.14. The van der Waals surface area contributed by atoms with Crippen molar-refractivity contribution in [3.05, 3.63) is 76.6 Å². The van der Waals surface area contributed by atoms with Crippen molar-refractivity contribution >= 4 is 28.8 Å². The monoisotopic (exact) mass is 429 g/mol. The van der Waals surface area contributed by atoms with Gasteiger partial charge in [0.2, 0.25) is 11.7 Å². The molecule has 0 aliphatic rings. The number of methoxy groups -OCH3 is 1. The van der Waals surface area contributed by atoms with E-state index in [4.69, 9.17) is 16.3 Å². The van der Waals surface area contributed by atoms with Crippen molar-refractivity contribution in [1.82, 2.24) is 24.6 Å². The molecule has 0 atom stereocenters. The van der Waals surface area contributed by atoms with Gasteiger partial charge in [-0.15, -0.1) is 10.2 Å². The van der Waals surface area contributed by atoms with Gasteiger partial charge in [0.25, 0.3) is 5.91 Å². The Hall–Kier alpha value is -4.47. The highest BCUT2D eigenvalue weighted by Crippen LogP contribution is 2.19. The summed E-state index contributed by atoms with van der Waals surface area (Å²) in [5.41, 5.74) is 1.92. The third kappa shape index (κ3) is 4.13. The molecule has 0 fully saturated rings. The second-order valence-corrected chi connectivity index (χ2v) is 6.51. The summed E-state index contributed by atoms with van der Waals surface area (Å²) in [6.07, 6.45) is 2.62. The van der Waals surface area contributed by atoms with Gasteiger partial charge >= 0.3 is 0 Å². The van der Waals surface area contributed by atoms with Crippen molar-refractivity contribution in [2.24, 2.45) is 0 Å². The topological polar surface area (TPSA) is 118 Å². The molecule has 150 valence electrons. The first-order chi connectivity index (χ1) is 15.1. The molecule has 4 aromatic rings. The molecule has 0 bridgehead atoms. The Kier molecular flexibility index (Phi) is 5.43. The average Bonchev–Trinajstić information content (AvgIpc) is 3.22. The van der Waals surface area contributed by atoms with Gasteiger partial charge < -0.3 is 10.1 Å². The number of hydrogen-bond acceptors (Lipinski definition) is 7. The summed E-state index contributed by atoms with van der Waals surface area (Å²) in [5.74, 6) is 5.83. The van der Waals surface area contributed by atoms with Gasteiger partial charge in [0.15, 0.2) is 5.65 Å². The lowest BCUT2D eigenvalue weighted by Gasteiger charge is -2.08. The normalized spacial score (nSPS) is 10.1. The number of rotatable bonds is 3. The zero-order valence-electron chi connectivity index (χ0n) is 16.0. The van der Waals surface area contributed by atoms with E-state index in [0.29, 0.717) is 33.4 Å². The van der Waals surface area contributed by atoms with Crippen LogP contribution >= 0.6 is 11.6 Å². The standard InChI is InChI=1S/C21H12ClN7O2/c1-31-21-16(11-24-12-25-21)20(30)26-15-8-13(7-14(9-15)10-23)5-6-19-28-27-18-4-2-3-17(22)29(18)19/h2-4,7-9,11-12H,1H3,(H,26,30). The minimum Gasteiger partial charge on any atom is -0.480 e. The van der Waals surface area contributed by atoms with Crippen LogP contribution in [0.2, 0.25) is 5.15 Å². The van der Waals surface area contributed by atoms with Gasteiger partial charge in [0, 0.05) is 17.4 Å². The SMILES string of the molecule is COc1ncncc1C(=O)Nc1cc(C#N)cc(C#Cc2nnc3cccc(Cl)n23)c1. The second-order valence-electron chi connectivity index (χ2n) is 6.13. The number of hydrogen-bond donors (Lipinski definition) is 1. The van der Waals surface area contributed by atoms with Crippen molar-refractivity contribution in [3.8, 4) is 23.8 Å². The van der Waals surface area contributed by atoms with Gasteiger partial charge in [-0.05, 0) is 36.3 Å². The maximum Gasteiger partial charge on any atom is 0.262 e. The zero-order chi connectivity index (χ0) is 21.8. The summed E-state index contributed by atoms with van der Waals surface area (Å²) in [6.45, 7) is 0. The molecule has 0 saturated carbocycles. The highest BCUT2D eigenvalue weighted by Gasteiger charge is 2.14. The number of aromatic nitrogens is 5. The number of amides is 1. The van der Waals surface area contributed by atoms with E-state index in [-0.39, 0.29) is 11.4 Å². The van der Waals surface area contributed by atoms with Gasteiger partial charge in [-0.2, -0.15) is 5.26 Å². The van der Waals surface area contributed by atoms with E-state index >= 15 is 0 Å². The van der Waals surface area contributed by atoms with Crippen molar-refractivity contribution < 1.29 is 9.53 Å². The van der Waals surface area contributed by atoms with Gasteiger partial charge in [-0.1, -0.05) is 23.6 Å². The van der Waals surface area contributed by atoms with Crippen LogP contribution in [0.15, 0.2) is 48.9 Å². The molecule has 1 aromatic carbocycles. The van der Waals surface area contributed by atoms with E-state index in [2.05, 4.69) is 43.4 Å². The summed E-state index contributed by atoms with van der Waals surface area (Å²) in [4.78, 5) is 20.4. The van der Waals surface area contributed by atoms with Crippen LogP contribution in [0.1, 0.15) is 27.3 Å². The van der Waals surface area contributed by atoms with Crippen LogP contribution in [0.4, 0.5) is 5.69 Å². The van der Waals surface area contributed by atoms with Crippen LogP contribution in [0, 0.1) is 23.2 Å². The number of fused-ring (bicyclic) bond motifs is 1. The van der Waals surface area contributed by atoms with E-state index in [1.165, 1.54) is 25.7 Å². The Labute approximate surface area is 181 Å². The molecule has 0 saturated heterocycles. The highest BCUT2D eigenvalue weighted by molar-refractivity contribution is 6.29. The number of benzene rings is 1.